The highest BCUT2D eigenvalue weighted by Gasteiger charge is 2.28. The van der Waals surface area contributed by atoms with Crippen molar-refractivity contribution in [1.29, 1.82) is 0 Å². The Bertz CT molecular complexity index is 264. The standard InChI is InChI=1S/C16H25N/c1-7-12(6)13(8-2)14(9-3)15(10-4)16(17)11-5/h7-16H,1-5,17H2,6H3/t12-,13-,14-,15-,16+/m0/s1. The van der Waals surface area contributed by atoms with Gasteiger partial charge in [-0.25, -0.2) is 0 Å². The van der Waals surface area contributed by atoms with E-state index in [-0.39, 0.29) is 23.8 Å². The molecule has 1 nitrogen and oxygen atoms in total. The second-order valence-electron chi connectivity index (χ2n) is 4.35. The van der Waals surface area contributed by atoms with Gasteiger partial charge in [0.05, 0.1) is 0 Å². The summed E-state index contributed by atoms with van der Waals surface area (Å²) in [4.78, 5) is 0. The average Bonchev–Trinajstić information content (AvgIpc) is 2.37. The Morgan fingerprint density at radius 3 is 1.47 bits per heavy atom. The van der Waals surface area contributed by atoms with Crippen LogP contribution in [0, 0.1) is 23.7 Å². The van der Waals surface area contributed by atoms with E-state index in [9.17, 15) is 0 Å². The molecule has 5 atom stereocenters. The monoisotopic (exact) mass is 231 g/mol. The fourth-order valence-electron chi connectivity index (χ4n) is 2.18. The molecule has 0 rings (SSSR count). The highest BCUT2D eigenvalue weighted by Crippen LogP contribution is 2.32. The fraction of sp³-hybridized carbons (Fsp3) is 0.375. The van der Waals surface area contributed by atoms with Crippen molar-refractivity contribution in [3.05, 3.63) is 63.3 Å². The first kappa shape index (κ1) is 15.7. The molecule has 0 spiro atoms. The van der Waals surface area contributed by atoms with Crippen molar-refractivity contribution >= 4 is 0 Å². The van der Waals surface area contributed by atoms with Crippen LogP contribution < -0.4 is 5.73 Å². The fourth-order valence-corrected chi connectivity index (χ4v) is 2.18. The lowest BCUT2D eigenvalue weighted by Crippen LogP contribution is -2.35. The zero-order valence-electron chi connectivity index (χ0n) is 10.9. The van der Waals surface area contributed by atoms with Crippen molar-refractivity contribution in [1.82, 2.24) is 0 Å². The molecular weight excluding hydrogens is 206 g/mol. The van der Waals surface area contributed by atoms with Gasteiger partial charge >= 0.3 is 0 Å². The lowest BCUT2D eigenvalue weighted by atomic mass is 9.73. The largest absolute Gasteiger partial charge is 0.324 e. The summed E-state index contributed by atoms with van der Waals surface area (Å²) in [6.07, 6.45) is 9.45. The maximum Gasteiger partial charge on any atom is 0.0290 e. The first-order valence-electron chi connectivity index (χ1n) is 5.95. The average molecular weight is 231 g/mol. The molecule has 0 saturated heterocycles. The zero-order valence-corrected chi connectivity index (χ0v) is 10.9. The smallest absolute Gasteiger partial charge is 0.0290 e. The first-order chi connectivity index (χ1) is 8.06. The van der Waals surface area contributed by atoms with Gasteiger partial charge < -0.3 is 5.73 Å². The molecule has 0 bridgehead atoms. The van der Waals surface area contributed by atoms with Crippen LogP contribution in [0.2, 0.25) is 0 Å². The van der Waals surface area contributed by atoms with E-state index < -0.39 is 0 Å². The van der Waals surface area contributed by atoms with Crippen molar-refractivity contribution in [3.63, 3.8) is 0 Å². The molecule has 0 aliphatic heterocycles. The van der Waals surface area contributed by atoms with E-state index in [1.165, 1.54) is 0 Å². The van der Waals surface area contributed by atoms with Gasteiger partial charge in [0, 0.05) is 12.0 Å². The zero-order chi connectivity index (χ0) is 13.4. The summed E-state index contributed by atoms with van der Waals surface area (Å²) in [7, 11) is 0. The third-order valence-electron chi connectivity index (χ3n) is 3.40. The minimum absolute atomic E-state index is 0.116. The number of nitrogens with two attached hydrogens (primary N) is 1. The van der Waals surface area contributed by atoms with Crippen molar-refractivity contribution < 1.29 is 0 Å². The molecule has 0 saturated carbocycles. The van der Waals surface area contributed by atoms with Crippen molar-refractivity contribution in [2.75, 3.05) is 0 Å². The Morgan fingerprint density at radius 1 is 0.706 bits per heavy atom. The molecule has 2 N–H and O–H groups in total. The predicted octanol–water partition coefficient (Wildman–Crippen LogP) is 3.73. The quantitative estimate of drug-likeness (QED) is 0.601. The normalized spacial score (nSPS) is 19.2. The van der Waals surface area contributed by atoms with Crippen LogP contribution in [0.4, 0.5) is 0 Å². The Balaban J connectivity index is 5.18. The summed E-state index contributed by atoms with van der Waals surface area (Å²) in [5.41, 5.74) is 6.04. The van der Waals surface area contributed by atoms with E-state index in [1.54, 1.807) is 6.08 Å². The molecule has 0 aromatic carbocycles. The Hall–Kier alpha value is -1.34. The van der Waals surface area contributed by atoms with Gasteiger partial charge in [0.2, 0.25) is 0 Å². The SMILES string of the molecule is C=C[C@@H]([C@@H](C=C)[C@@H](C)C=C)[C@H](C=C)[C@H](N)C=C. The Labute approximate surface area is 106 Å². The summed E-state index contributed by atoms with van der Waals surface area (Å²) in [6.45, 7) is 21.4. The maximum atomic E-state index is 6.04. The van der Waals surface area contributed by atoms with E-state index in [4.69, 9.17) is 5.73 Å². The van der Waals surface area contributed by atoms with E-state index in [0.717, 1.165) is 0 Å². The second kappa shape index (κ2) is 7.86. The molecule has 0 amide bonds. The van der Waals surface area contributed by atoms with Gasteiger partial charge in [0.15, 0.2) is 0 Å². The third kappa shape index (κ3) is 3.86. The van der Waals surface area contributed by atoms with Crippen LogP contribution in [0.3, 0.4) is 0 Å². The van der Waals surface area contributed by atoms with Crippen LogP contribution in [0.1, 0.15) is 6.92 Å². The Morgan fingerprint density at radius 2 is 1.18 bits per heavy atom. The van der Waals surface area contributed by atoms with Gasteiger partial charge in [-0.05, 0) is 17.8 Å². The Kier molecular flexibility index (Phi) is 7.24. The van der Waals surface area contributed by atoms with Crippen LogP contribution in [0.15, 0.2) is 63.3 Å². The second-order valence-corrected chi connectivity index (χ2v) is 4.35. The van der Waals surface area contributed by atoms with Crippen LogP contribution in [-0.4, -0.2) is 6.04 Å². The topological polar surface area (TPSA) is 26.0 Å². The lowest BCUT2D eigenvalue weighted by Gasteiger charge is -2.33. The van der Waals surface area contributed by atoms with E-state index in [2.05, 4.69) is 39.8 Å². The minimum atomic E-state index is -0.116. The van der Waals surface area contributed by atoms with Crippen LogP contribution in [0.5, 0.6) is 0 Å². The molecule has 0 aromatic heterocycles. The number of allylic oxidation sites excluding steroid dienone is 3. The summed E-state index contributed by atoms with van der Waals surface area (Å²) >= 11 is 0. The molecule has 0 fully saturated rings. The molecule has 0 heterocycles. The third-order valence-corrected chi connectivity index (χ3v) is 3.40. The number of rotatable bonds is 9. The summed E-state index contributed by atoms with van der Waals surface area (Å²) < 4.78 is 0. The van der Waals surface area contributed by atoms with Gasteiger partial charge in [0.25, 0.3) is 0 Å². The van der Waals surface area contributed by atoms with Gasteiger partial charge in [0.1, 0.15) is 0 Å². The van der Waals surface area contributed by atoms with Gasteiger partial charge in [-0.3, -0.25) is 0 Å². The van der Waals surface area contributed by atoms with Crippen LogP contribution in [0.25, 0.3) is 0 Å². The number of hydrogen-bond donors (Lipinski definition) is 1. The molecule has 0 aromatic rings. The predicted molar refractivity (Wildman–Crippen MR) is 78.6 cm³/mol. The van der Waals surface area contributed by atoms with Gasteiger partial charge in [-0.15, -0.1) is 32.9 Å². The molecule has 1 heteroatoms. The molecule has 0 unspecified atom stereocenters. The summed E-state index contributed by atoms with van der Waals surface area (Å²) in [5, 5.41) is 0. The molecule has 0 aliphatic carbocycles. The van der Waals surface area contributed by atoms with Crippen molar-refractivity contribution in [3.8, 4) is 0 Å². The van der Waals surface area contributed by atoms with Crippen molar-refractivity contribution in [2.24, 2.45) is 29.4 Å². The minimum Gasteiger partial charge on any atom is -0.324 e. The highest BCUT2D eigenvalue weighted by molar-refractivity contribution is 5.09. The van der Waals surface area contributed by atoms with Crippen LogP contribution in [-0.2, 0) is 0 Å². The lowest BCUT2D eigenvalue weighted by molar-refractivity contribution is 0.306. The van der Waals surface area contributed by atoms with E-state index in [0.29, 0.717) is 5.92 Å². The van der Waals surface area contributed by atoms with Crippen LogP contribution >= 0.6 is 0 Å². The summed E-state index contributed by atoms with van der Waals surface area (Å²) in [6, 6.07) is -0.116. The van der Waals surface area contributed by atoms with Gasteiger partial charge in [-0.2, -0.15) is 0 Å². The molecule has 94 valence electrons. The summed E-state index contributed by atoms with van der Waals surface area (Å²) in [5.74, 6) is 0.912. The first-order valence-corrected chi connectivity index (χ1v) is 5.95. The molecule has 0 radical (unpaired) electrons. The molecular formula is C16H25N. The van der Waals surface area contributed by atoms with E-state index >= 15 is 0 Å². The van der Waals surface area contributed by atoms with Crippen molar-refractivity contribution in [2.45, 2.75) is 13.0 Å². The molecule has 0 aliphatic rings. The number of hydrogen-bond acceptors (Lipinski definition) is 1. The molecule has 17 heavy (non-hydrogen) atoms. The van der Waals surface area contributed by atoms with E-state index in [1.807, 2.05) is 24.3 Å². The maximum absolute atomic E-state index is 6.04. The highest BCUT2D eigenvalue weighted by atomic mass is 14.6. The van der Waals surface area contributed by atoms with Gasteiger partial charge in [-0.1, -0.05) is 37.3 Å².